The number of amides is 4. The third-order valence-electron chi connectivity index (χ3n) is 4.21. The van der Waals surface area contributed by atoms with E-state index < -0.39 is 66.3 Å². The van der Waals surface area contributed by atoms with Crippen LogP contribution in [-0.4, -0.2) is 76.6 Å². The van der Waals surface area contributed by atoms with Gasteiger partial charge in [0, 0.05) is 0 Å². The zero-order chi connectivity index (χ0) is 21.4. The molecular formula is C16H27N5O7. The van der Waals surface area contributed by atoms with Gasteiger partial charge in [0.25, 0.3) is 0 Å². The summed E-state index contributed by atoms with van der Waals surface area (Å²) in [6, 6.07) is -4.60. The molecule has 1 rings (SSSR count). The molecular weight excluding hydrogens is 374 g/mol. The molecule has 0 saturated carbocycles. The van der Waals surface area contributed by atoms with Gasteiger partial charge in [-0.1, -0.05) is 0 Å². The van der Waals surface area contributed by atoms with Crippen LogP contribution in [0, 0.1) is 0 Å². The minimum absolute atomic E-state index is 0.489. The Kier molecular flexibility index (Phi) is 8.79. The van der Waals surface area contributed by atoms with E-state index in [4.69, 9.17) is 10.8 Å². The third-order valence-corrected chi connectivity index (χ3v) is 4.21. The minimum Gasteiger partial charge on any atom is -0.480 e. The number of primary amides is 1. The first-order valence-corrected chi connectivity index (χ1v) is 8.86. The minimum atomic E-state index is -1.49. The molecule has 5 atom stereocenters. The third kappa shape index (κ3) is 7.12. The zero-order valence-electron chi connectivity index (χ0n) is 15.7. The number of carbonyl (C=O) groups is 5. The van der Waals surface area contributed by atoms with Crippen LogP contribution in [0.4, 0.5) is 0 Å². The molecule has 1 aliphatic heterocycles. The van der Waals surface area contributed by atoms with E-state index in [1.54, 1.807) is 0 Å². The largest absolute Gasteiger partial charge is 0.480 e. The number of nitrogens with two attached hydrogens (primary N) is 1. The van der Waals surface area contributed by atoms with E-state index in [0.29, 0.717) is 13.0 Å². The molecule has 0 radical (unpaired) electrons. The van der Waals surface area contributed by atoms with Crippen LogP contribution in [-0.2, 0) is 24.0 Å². The Morgan fingerprint density at radius 3 is 2.21 bits per heavy atom. The molecule has 0 aromatic heterocycles. The molecule has 12 heteroatoms. The summed E-state index contributed by atoms with van der Waals surface area (Å²) < 4.78 is 0. The molecule has 1 fully saturated rings. The number of nitrogens with one attached hydrogen (secondary N) is 4. The van der Waals surface area contributed by atoms with Crippen molar-refractivity contribution in [2.75, 3.05) is 6.54 Å². The lowest BCUT2D eigenvalue weighted by Gasteiger charge is -2.25. The smallest absolute Gasteiger partial charge is 0.325 e. The molecule has 158 valence electrons. The van der Waals surface area contributed by atoms with Crippen molar-refractivity contribution in [3.8, 4) is 0 Å². The van der Waals surface area contributed by atoms with E-state index in [1.807, 2.05) is 0 Å². The fourth-order valence-electron chi connectivity index (χ4n) is 2.62. The number of hydrogen-bond donors (Lipinski definition) is 7. The van der Waals surface area contributed by atoms with Crippen molar-refractivity contribution in [3.05, 3.63) is 0 Å². The van der Waals surface area contributed by atoms with E-state index in [1.165, 1.54) is 13.8 Å². The standard InChI is InChI=1S/C16H27N5O7/c1-7(16(27)28)19-15(26)12(8(2)22)21-14(25)10(6-11(17)23)20-13(24)9-4-3-5-18-9/h7-10,12,18,22H,3-6H2,1-2H3,(H2,17,23)(H,19,26)(H,20,24)(H,21,25)(H,27,28). The summed E-state index contributed by atoms with van der Waals surface area (Å²) in [6.45, 7) is 3.09. The van der Waals surface area contributed by atoms with Crippen LogP contribution in [0.25, 0.3) is 0 Å². The van der Waals surface area contributed by atoms with E-state index in [2.05, 4.69) is 21.3 Å². The van der Waals surface area contributed by atoms with Gasteiger partial charge in [-0.25, -0.2) is 0 Å². The highest BCUT2D eigenvalue weighted by atomic mass is 16.4. The monoisotopic (exact) mass is 401 g/mol. The van der Waals surface area contributed by atoms with Crippen molar-refractivity contribution in [1.29, 1.82) is 0 Å². The van der Waals surface area contributed by atoms with Crippen LogP contribution < -0.4 is 27.0 Å². The molecule has 0 aliphatic carbocycles. The highest BCUT2D eigenvalue weighted by Gasteiger charge is 2.33. The second-order valence-corrected chi connectivity index (χ2v) is 6.68. The second kappa shape index (κ2) is 10.6. The van der Waals surface area contributed by atoms with Crippen molar-refractivity contribution in [2.24, 2.45) is 5.73 Å². The van der Waals surface area contributed by atoms with Gasteiger partial charge in [-0.2, -0.15) is 0 Å². The van der Waals surface area contributed by atoms with Gasteiger partial charge in [-0.15, -0.1) is 0 Å². The number of rotatable bonds is 10. The first kappa shape index (κ1) is 23.3. The summed E-state index contributed by atoms with van der Waals surface area (Å²) >= 11 is 0. The quantitative estimate of drug-likeness (QED) is 0.196. The summed E-state index contributed by atoms with van der Waals surface area (Å²) in [5, 5.41) is 28.4. The lowest BCUT2D eigenvalue weighted by Crippen LogP contribution is -2.60. The van der Waals surface area contributed by atoms with Crippen molar-refractivity contribution in [2.45, 2.75) is 63.4 Å². The summed E-state index contributed by atoms with van der Waals surface area (Å²) in [7, 11) is 0. The maximum atomic E-state index is 12.5. The number of aliphatic hydroxyl groups excluding tert-OH is 1. The highest BCUT2D eigenvalue weighted by Crippen LogP contribution is 2.06. The van der Waals surface area contributed by atoms with E-state index >= 15 is 0 Å². The molecule has 0 aromatic rings. The maximum Gasteiger partial charge on any atom is 0.325 e. The Bertz CT molecular complexity index is 619. The van der Waals surface area contributed by atoms with Gasteiger partial charge in [0.2, 0.25) is 23.6 Å². The summed E-state index contributed by atoms with van der Waals surface area (Å²) in [6.07, 6.45) is -0.519. The molecule has 28 heavy (non-hydrogen) atoms. The molecule has 1 saturated heterocycles. The van der Waals surface area contributed by atoms with Crippen LogP contribution in [0.3, 0.4) is 0 Å². The topological polar surface area (TPSA) is 200 Å². The Balaban J connectivity index is 2.83. The average Bonchev–Trinajstić information content (AvgIpc) is 3.12. The van der Waals surface area contributed by atoms with Gasteiger partial charge in [0.05, 0.1) is 18.6 Å². The molecule has 12 nitrogen and oxygen atoms in total. The molecule has 5 unspecified atom stereocenters. The number of carboxylic acids is 1. The molecule has 0 bridgehead atoms. The van der Waals surface area contributed by atoms with Crippen molar-refractivity contribution < 1.29 is 34.2 Å². The lowest BCUT2D eigenvalue weighted by atomic mass is 10.1. The van der Waals surface area contributed by atoms with Gasteiger partial charge in [0.1, 0.15) is 18.1 Å². The Morgan fingerprint density at radius 2 is 1.75 bits per heavy atom. The van der Waals surface area contributed by atoms with Crippen LogP contribution >= 0.6 is 0 Å². The SMILES string of the molecule is CC(NC(=O)C(NC(=O)C(CC(N)=O)NC(=O)C1CCCN1)C(C)O)C(=O)O. The Morgan fingerprint density at radius 1 is 1.11 bits per heavy atom. The number of aliphatic hydroxyl groups is 1. The van der Waals surface area contributed by atoms with Gasteiger partial charge in [-0.05, 0) is 33.2 Å². The predicted octanol–water partition coefficient (Wildman–Crippen LogP) is -3.45. The molecule has 0 aromatic carbocycles. The van der Waals surface area contributed by atoms with Crippen LogP contribution in [0.15, 0.2) is 0 Å². The maximum absolute atomic E-state index is 12.5. The highest BCUT2D eigenvalue weighted by molar-refractivity contribution is 5.96. The molecule has 1 aliphatic rings. The predicted molar refractivity (Wildman–Crippen MR) is 95.6 cm³/mol. The van der Waals surface area contributed by atoms with Crippen molar-refractivity contribution >= 4 is 29.6 Å². The van der Waals surface area contributed by atoms with E-state index in [-0.39, 0.29) is 0 Å². The second-order valence-electron chi connectivity index (χ2n) is 6.68. The average molecular weight is 401 g/mol. The fraction of sp³-hybridized carbons (Fsp3) is 0.688. The lowest BCUT2D eigenvalue weighted by molar-refractivity contribution is -0.142. The number of aliphatic carboxylic acids is 1. The van der Waals surface area contributed by atoms with Crippen LogP contribution in [0.2, 0.25) is 0 Å². The molecule has 1 heterocycles. The number of carbonyl (C=O) groups excluding carboxylic acids is 4. The van der Waals surface area contributed by atoms with Crippen LogP contribution in [0.5, 0.6) is 0 Å². The number of carboxylic acid groups (broad SMARTS) is 1. The summed E-state index contributed by atoms with van der Waals surface area (Å²) in [4.78, 5) is 59.0. The summed E-state index contributed by atoms with van der Waals surface area (Å²) in [5.74, 6) is -4.48. The Hall–Kier alpha value is -2.73. The normalized spacial score (nSPS) is 20.3. The van der Waals surface area contributed by atoms with E-state index in [0.717, 1.165) is 6.42 Å². The molecule has 8 N–H and O–H groups in total. The van der Waals surface area contributed by atoms with Gasteiger partial charge >= 0.3 is 5.97 Å². The zero-order valence-corrected chi connectivity index (χ0v) is 15.7. The van der Waals surface area contributed by atoms with Crippen molar-refractivity contribution in [1.82, 2.24) is 21.3 Å². The van der Waals surface area contributed by atoms with Crippen molar-refractivity contribution in [3.63, 3.8) is 0 Å². The Labute approximate surface area is 161 Å². The van der Waals surface area contributed by atoms with Gasteiger partial charge in [-0.3, -0.25) is 24.0 Å². The first-order valence-electron chi connectivity index (χ1n) is 8.86. The summed E-state index contributed by atoms with van der Waals surface area (Å²) in [5.41, 5.74) is 5.13. The first-order chi connectivity index (χ1) is 13.0. The number of hydrogen-bond acceptors (Lipinski definition) is 7. The molecule has 0 spiro atoms. The van der Waals surface area contributed by atoms with Crippen LogP contribution in [0.1, 0.15) is 33.1 Å². The van der Waals surface area contributed by atoms with Gasteiger partial charge < -0.3 is 37.2 Å². The van der Waals surface area contributed by atoms with E-state index in [9.17, 15) is 29.1 Å². The molecule has 4 amide bonds. The van der Waals surface area contributed by atoms with Gasteiger partial charge in [0.15, 0.2) is 0 Å². The fourth-order valence-corrected chi connectivity index (χ4v) is 2.62.